The van der Waals surface area contributed by atoms with Crippen LogP contribution >= 0.6 is 0 Å². The molecule has 0 aliphatic heterocycles. The summed E-state index contributed by atoms with van der Waals surface area (Å²) in [5.41, 5.74) is -0.303. The lowest BCUT2D eigenvalue weighted by molar-refractivity contribution is -0.138. The third kappa shape index (κ3) is 4.64. The van der Waals surface area contributed by atoms with Crippen molar-refractivity contribution in [1.82, 2.24) is 9.80 Å². The molecule has 16 heavy (non-hydrogen) atoms. The topological polar surface area (TPSA) is 40.6 Å². The van der Waals surface area contributed by atoms with E-state index in [0.717, 1.165) is 19.4 Å². The summed E-state index contributed by atoms with van der Waals surface area (Å²) < 4.78 is 0. The largest absolute Gasteiger partial charge is 0.341 e. The van der Waals surface area contributed by atoms with E-state index in [4.69, 9.17) is 0 Å². The quantitative estimate of drug-likeness (QED) is 0.646. The smallest absolute Gasteiger partial charge is 0.242 e. The van der Waals surface area contributed by atoms with E-state index in [1.54, 1.807) is 4.90 Å². The molecule has 0 saturated heterocycles. The highest BCUT2D eigenvalue weighted by molar-refractivity contribution is 5.80. The predicted molar refractivity (Wildman–Crippen MR) is 65.1 cm³/mol. The minimum absolute atomic E-state index is 0.0198. The first-order valence-corrected chi connectivity index (χ1v) is 5.86. The van der Waals surface area contributed by atoms with Crippen molar-refractivity contribution in [2.45, 2.75) is 46.6 Å². The van der Waals surface area contributed by atoms with Gasteiger partial charge in [-0.05, 0) is 34.1 Å². The van der Waals surface area contributed by atoms with Crippen molar-refractivity contribution in [1.29, 1.82) is 0 Å². The molecule has 0 spiro atoms. The number of carbonyl (C=O) groups is 2. The first-order chi connectivity index (χ1) is 7.36. The number of rotatable bonds is 6. The van der Waals surface area contributed by atoms with Crippen molar-refractivity contribution >= 4 is 12.3 Å². The van der Waals surface area contributed by atoms with Gasteiger partial charge >= 0.3 is 0 Å². The van der Waals surface area contributed by atoms with Gasteiger partial charge in [-0.25, -0.2) is 0 Å². The second kappa shape index (κ2) is 6.51. The van der Waals surface area contributed by atoms with E-state index in [9.17, 15) is 9.59 Å². The van der Waals surface area contributed by atoms with Gasteiger partial charge in [0.1, 0.15) is 0 Å². The summed E-state index contributed by atoms with van der Waals surface area (Å²) in [4.78, 5) is 26.1. The average Bonchev–Trinajstić information content (AvgIpc) is 2.20. The Labute approximate surface area is 98.6 Å². The summed E-state index contributed by atoms with van der Waals surface area (Å²) in [5.74, 6) is 0.0198. The van der Waals surface area contributed by atoms with Gasteiger partial charge in [-0.1, -0.05) is 6.92 Å². The lowest BCUT2D eigenvalue weighted by Gasteiger charge is -2.33. The van der Waals surface area contributed by atoms with Crippen molar-refractivity contribution < 1.29 is 9.59 Å². The van der Waals surface area contributed by atoms with E-state index < -0.39 is 0 Å². The molecule has 0 bridgehead atoms. The number of amides is 2. The Bertz CT molecular complexity index is 234. The molecule has 0 aromatic heterocycles. The van der Waals surface area contributed by atoms with E-state index >= 15 is 0 Å². The first kappa shape index (κ1) is 14.9. The number of likely N-dealkylation sites (N-methyl/N-ethyl adjacent to an activating group) is 1. The van der Waals surface area contributed by atoms with Crippen LogP contribution in [0.3, 0.4) is 0 Å². The third-order valence-corrected chi connectivity index (χ3v) is 2.52. The summed E-state index contributed by atoms with van der Waals surface area (Å²) in [6.07, 6.45) is 1.69. The summed E-state index contributed by atoms with van der Waals surface area (Å²) in [6.45, 7) is 11.4. The van der Waals surface area contributed by atoms with Crippen molar-refractivity contribution in [3.05, 3.63) is 0 Å². The predicted octanol–water partition coefficient (Wildman–Crippen LogP) is 1.50. The second-order valence-electron chi connectivity index (χ2n) is 4.88. The van der Waals surface area contributed by atoms with Crippen molar-refractivity contribution in [3.8, 4) is 0 Å². The van der Waals surface area contributed by atoms with E-state index in [2.05, 4.69) is 0 Å². The van der Waals surface area contributed by atoms with Crippen LogP contribution in [0.15, 0.2) is 0 Å². The van der Waals surface area contributed by atoms with Gasteiger partial charge in [0.25, 0.3) is 0 Å². The van der Waals surface area contributed by atoms with Crippen molar-refractivity contribution in [2.24, 2.45) is 0 Å². The lowest BCUT2D eigenvalue weighted by atomic mass is 10.1. The average molecular weight is 228 g/mol. The van der Waals surface area contributed by atoms with Crippen LogP contribution in [0.4, 0.5) is 0 Å². The summed E-state index contributed by atoms with van der Waals surface area (Å²) >= 11 is 0. The van der Waals surface area contributed by atoms with Gasteiger partial charge in [0, 0.05) is 18.6 Å². The molecule has 4 nitrogen and oxygen atoms in total. The molecule has 0 radical (unpaired) electrons. The highest BCUT2D eigenvalue weighted by Crippen LogP contribution is 2.10. The fourth-order valence-electron chi connectivity index (χ4n) is 1.41. The lowest BCUT2D eigenvalue weighted by Crippen LogP contribution is -2.47. The molecular formula is C12H24N2O2. The van der Waals surface area contributed by atoms with Crippen LogP contribution in [0, 0.1) is 0 Å². The minimum Gasteiger partial charge on any atom is -0.341 e. The van der Waals surface area contributed by atoms with Gasteiger partial charge in [0.05, 0.1) is 6.54 Å². The van der Waals surface area contributed by atoms with Crippen LogP contribution in [0.5, 0.6) is 0 Å². The highest BCUT2D eigenvalue weighted by Gasteiger charge is 2.23. The van der Waals surface area contributed by atoms with Gasteiger partial charge in [-0.3, -0.25) is 9.59 Å². The molecule has 0 atom stereocenters. The zero-order valence-electron chi connectivity index (χ0n) is 11.1. The summed E-state index contributed by atoms with van der Waals surface area (Å²) in [5, 5.41) is 0. The number of hydrogen-bond donors (Lipinski definition) is 0. The molecule has 0 aromatic carbocycles. The van der Waals surface area contributed by atoms with Crippen molar-refractivity contribution in [2.75, 3.05) is 19.6 Å². The Morgan fingerprint density at radius 2 is 1.81 bits per heavy atom. The maximum absolute atomic E-state index is 11.9. The molecule has 0 aromatic rings. The van der Waals surface area contributed by atoms with Crippen LogP contribution in [0.25, 0.3) is 0 Å². The standard InChI is InChI=1S/C12H24N2O2/c1-6-8-13(7-2)11(16)9-14(10-15)12(3,4)5/h10H,6-9H2,1-5H3. The number of hydrogen-bond acceptors (Lipinski definition) is 2. The zero-order chi connectivity index (χ0) is 12.8. The zero-order valence-corrected chi connectivity index (χ0v) is 11.1. The highest BCUT2D eigenvalue weighted by atomic mass is 16.2. The molecule has 4 heteroatoms. The fourth-order valence-corrected chi connectivity index (χ4v) is 1.41. The van der Waals surface area contributed by atoms with E-state index in [0.29, 0.717) is 6.54 Å². The molecular weight excluding hydrogens is 204 g/mol. The Kier molecular flexibility index (Phi) is 6.08. The molecule has 94 valence electrons. The Morgan fingerprint density at radius 1 is 1.25 bits per heavy atom. The molecule has 0 unspecified atom stereocenters. The monoisotopic (exact) mass is 228 g/mol. The fraction of sp³-hybridized carbons (Fsp3) is 0.833. The van der Waals surface area contributed by atoms with Crippen molar-refractivity contribution in [3.63, 3.8) is 0 Å². The Hall–Kier alpha value is -1.06. The van der Waals surface area contributed by atoms with Gasteiger partial charge in [0.2, 0.25) is 12.3 Å². The maximum Gasteiger partial charge on any atom is 0.242 e. The SMILES string of the molecule is CCCN(CC)C(=O)CN(C=O)C(C)(C)C. The second-order valence-corrected chi connectivity index (χ2v) is 4.88. The van der Waals surface area contributed by atoms with E-state index in [1.807, 2.05) is 34.6 Å². The van der Waals surface area contributed by atoms with Gasteiger partial charge < -0.3 is 9.80 Å². The minimum atomic E-state index is -0.303. The molecule has 0 rings (SSSR count). The summed E-state index contributed by atoms with van der Waals surface area (Å²) in [6, 6.07) is 0. The first-order valence-electron chi connectivity index (χ1n) is 5.86. The van der Waals surface area contributed by atoms with Gasteiger partial charge in [-0.15, -0.1) is 0 Å². The molecule has 0 fully saturated rings. The van der Waals surface area contributed by atoms with Crippen LogP contribution in [-0.2, 0) is 9.59 Å². The van der Waals surface area contributed by atoms with Crippen LogP contribution < -0.4 is 0 Å². The van der Waals surface area contributed by atoms with Crippen LogP contribution in [-0.4, -0.2) is 47.3 Å². The number of carbonyl (C=O) groups excluding carboxylic acids is 2. The van der Waals surface area contributed by atoms with E-state index in [-0.39, 0.29) is 18.0 Å². The molecule has 0 saturated carbocycles. The van der Waals surface area contributed by atoms with Crippen LogP contribution in [0.1, 0.15) is 41.0 Å². The number of nitrogens with zero attached hydrogens (tertiary/aromatic N) is 2. The normalized spacial score (nSPS) is 11.1. The summed E-state index contributed by atoms with van der Waals surface area (Å²) in [7, 11) is 0. The molecule has 0 aliphatic carbocycles. The van der Waals surface area contributed by atoms with Gasteiger partial charge in [0.15, 0.2) is 0 Å². The van der Waals surface area contributed by atoms with Gasteiger partial charge in [-0.2, -0.15) is 0 Å². The Balaban J connectivity index is 4.45. The molecule has 2 amide bonds. The van der Waals surface area contributed by atoms with E-state index in [1.165, 1.54) is 4.90 Å². The van der Waals surface area contributed by atoms with Crippen LogP contribution in [0.2, 0.25) is 0 Å². The Morgan fingerprint density at radius 3 is 2.12 bits per heavy atom. The molecule has 0 heterocycles. The maximum atomic E-state index is 11.9. The third-order valence-electron chi connectivity index (χ3n) is 2.52. The molecule has 0 aliphatic rings. The molecule has 0 N–H and O–H groups in total.